The number of nitrogens with zero attached hydrogens (tertiary/aromatic N) is 4. The zero-order valence-corrected chi connectivity index (χ0v) is 11.8. The van der Waals surface area contributed by atoms with Crippen LogP contribution in [0.2, 0.25) is 0 Å². The average Bonchev–Trinajstić information content (AvgIpc) is 3.10. The molecule has 0 saturated heterocycles. The Balaban J connectivity index is 1.77. The van der Waals surface area contributed by atoms with Gasteiger partial charge in [-0.05, 0) is 46.8 Å². The quantitative estimate of drug-likeness (QED) is 0.795. The van der Waals surface area contributed by atoms with Crippen LogP contribution in [0.15, 0.2) is 54.9 Å². The lowest BCUT2D eigenvalue weighted by Gasteiger charge is -2.09. The third kappa shape index (κ3) is 2.78. The summed E-state index contributed by atoms with van der Waals surface area (Å²) < 4.78 is 6.72. The van der Waals surface area contributed by atoms with E-state index >= 15 is 0 Å². The molecule has 0 saturated carbocycles. The second-order valence-electron chi connectivity index (χ2n) is 4.46. The number of anilines is 1. The fourth-order valence-electron chi connectivity index (χ4n) is 2.01. The molecule has 0 unspecified atom stereocenters. The Hall–Kier alpha value is -3.22. The fraction of sp³-hybridized carbons (Fsp3) is 0.0667. The molecule has 1 N–H and O–H groups in total. The number of para-hydroxylation sites is 1. The molecule has 0 radical (unpaired) electrons. The maximum absolute atomic E-state index is 12.3. The average molecular weight is 295 g/mol. The molecule has 3 aromatic rings. The number of hydrogen-bond donors (Lipinski definition) is 1. The predicted octanol–water partition coefficient (Wildman–Crippen LogP) is 1.92. The van der Waals surface area contributed by atoms with Crippen LogP contribution in [-0.2, 0) is 0 Å². The zero-order valence-electron chi connectivity index (χ0n) is 11.8. The van der Waals surface area contributed by atoms with Crippen molar-refractivity contribution in [1.29, 1.82) is 0 Å². The lowest BCUT2D eigenvalue weighted by molar-refractivity contribution is 0.102. The van der Waals surface area contributed by atoms with Gasteiger partial charge in [-0.2, -0.15) is 0 Å². The lowest BCUT2D eigenvalue weighted by Crippen LogP contribution is -2.13. The van der Waals surface area contributed by atoms with E-state index in [4.69, 9.17) is 4.74 Å². The normalized spacial score (nSPS) is 10.2. The van der Waals surface area contributed by atoms with Crippen LogP contribution in [0.3, 0.4) is 0 Å². The third-order valence-corrected chi connectivity index (χ3v) is 3.09. The van der Waals surface area contributed by atoms with E-state index in [1.807, 2.05) is 18.2 Å². The third-order valence-electron chi connectivity index (χ3n) is 3.09. The Morgan fingerprint density at radius 1 is 1.14 bits per heavy atom. The SMILES string of the molecule is COc1ccccc1C(=O)Nc1ccc(-n2cnnn2)cc1. The minimum Gasteiger partial charge on any atom is -0.496 e. The number of ether oxygens (including phenoxy) is 1. The second-order valence-corrected chi connectivity index (χ2v) is 4.46. The Morgan fingerprint density at radius 2 is 1.91 bits per heavy atom. The van der Waals surface area contributed by atoms with Crippen LogP contribution in [0.25, 0.3) is 5.69 Å². The van der Waals surface area contributed by atoms with Crippen molar-refractivity contribution in [1.82, 2.24) is 20.2 Å². The number of rotatable bonds is 4. The van der Waals surface area contributed by atoms with Crippen LogP contribution in [0.1, 0.15) is 10.4 Å². The highest BCUT2D eigenvalue weighted by molar-refractivity contribution is 6.06. The zero-order chi connectivity index (χ0) is 15.4. The van der Waals surface area contributed by atoms with Crippen LogP contribution in [0, 0.1) is 0 Å². The van der Waals surface area contributed by atoms with E-state index in [1.54, 1.807) is 30.3 Å². The molecule has 3 rings (SSSR count). The molecule has 0 spiro atoms. The van der Waals surface area contributed by atoms with Crippen molar-refractivity contribution in [3.8, 4) is 11.4 Å². The van der Waals surface area contributed by atoms with Crippen molar-refractivity contribution in [3.63, 3.8) is 0 Å². The van der Waals surface area contributed by atoms with Gasteiger partial charge in [0, 0.05) is 5.69 Å². The van der Waals surface area contributed by atoms with Gasteiger partial charge in [0.15, 0.2) is 0 Å². The largest absolute Gasteiger partial charge is 0.496 e. The van der Waals surface area contributed by atoms with Gasteiger partial charge in [0.2, 0.25) is 0 Å². The summed E-state index contributed by atoms with van der Waals surface area (Å²) in [6.45, 7) is 0. The number of tetrazole rings is 1. The van der Waals surface area contributed by atoms with E-state index in [0.717, 1.165) is 5.69 Å². The number of nitrogens with one attached hydrogen (secondary N) is 1. The molecule has 0 fully saturated rings. The van der Waals surface area contributed by atoms with Crippen LogP contribution in [-0.4, -0.2) is 33.2 Å². The molecule has 0 bridgehead atoms. The molecule has 7 heteroatoms. The Labute approximate surface area is 126 Å². The summed E-state index contributed by atoms with van der Waals surface area (Å²) in [6.07, 6.45) is 1.50. The number of carbonyl (C=O) groups excluding carboxylic acids is 1. The maximum atomic E-state index is 12.3. The van der Waals surface area contributed by atoms with Gasteiger partial charge in [-0.3, -0.25) is 4.79 Å². The maximum Gasteiger partial charge on any atom is 0.259 e. The molecule has 1 heterocycles. The molecule has 0 aliphatic rings. The Bertz CT molecular complexity index is 769. The van der Waals surface area contributed by atoms with Crippen molar-refractivity contribution in [3.05, 3.63) is 60.4 Å². The molecule has 0 atom stereocenters. The van der Waals surface area contributed by atoms with E-state index in [-0.39, 0.29) is 5.91 Å². The van der Waals surface area contributed by atoms with Crippen molar-refractivity contribution in [2.45, 2.75) is 0 Å². The molecule has 1 aromatic heterocycles. The number of methoxy groups -OCH3 is 1. The molecular formula is C15H13N5O2. The first kappa shape index (κ1) is 13.7. The van der Waals surface area contributed by atoms with Gasteiger partial charge in [0.1, 0.15) is 12.1 Å². The van der Waals surface area contributed by atoms with Crippen molar-refractivity contribution < 1.29 is 9.53 Å². The van der Waals surface area contributed by atoms with Crippen molar-refractivity contribution in [2.75, 3.05) is 12.4 Å². The van der Waals surface area contributed by atoms with E-state index < -0.39 is 0 Å². The molecule has 0 aliphatic carbocycles. The van der Waals surface area contributed by atoms with Gasteiger partial charge in [0.25, 0.3) is 5.91 Å². The predicted molar refractivity (Wildman–Crippen MR) is 80.1 cm³/mol. The minimum absolute atomic E-state index is 0.229. The highest BCUT2D eigenvalue weighted by Crippen LogP contribution is 2.19. The molecule has 2 aromatic carbocycles. The molecule has 110 valence electrons. The number of carbonyl (C=O) groups is 1. The van der Waals surface area contributed by atoms with Gasteiger partial charge in [-0.1, -0.05) is 12.1 Å². The highest BCUT2D eigenvalue weighted by atomic mass is 16.5. The lowest BCUT2D eigenvalue weighted by atomic mass is 10.2. The first-order valence-corrected chi connectivity index (χ1v) is 6.56. The van der Waals surface area contributed by atoms with Crippen LogP contribution in [0.4, 0.5) is 5.69 Å². The van der Waals surface area contributed by atoms with Gasteiger partial charge in [0.05, 0.1) is 18.4 Å². The van der Waals surface area contributed by atoms with E-state index in [0.29, 0.717) is 17.0 Å². The summed E-state index contributed by atoms with van der Waals surface area (Å²) >= 11 is 0. The van der Waals surface area contributed by atoms with Crippen molar-refractivity contribution >= 4 is 11.6 Å². The van der Waals surface area contributed by atoms with Gasteiger partial charge in [-0.25, -0.2) is 4.68 Å². The second kappa shape index (κ2) is 6.04. The Kier molecular flexibility index (Phi) is 3.78. The molecule has 0 aliphatic heterocycles. The van der Waals surface area contributed by atoms with Gasteiger partial charge in [-0.15, -0.1) is 5.10 Å². The number of aromatic nitrogens is 4. The van der Waals surface area contributed by atoms with E-state index in [9.17, 15) is 4.79 Å². The van der Waals surface area contributed by atoms with Crippen molar-refractivity contribution in [2.24, 2.45) is 0 Å². The molecule has 7 nitrogen and oxygen atoms in total. The smallest absolute Gasteiger partial charge is 0.259 e. The molecule has 1 amide bonds. The van der Waals surface area contributed by atoms with Crippen LogP contribution < -0.4 is 10.1 Å². The Morgan fingerprint density at radius 3 is 2.59 bits per heavy atom. The highest BCUT2D eigenvalue weighted by Gasteiger charge is 2.11. The minimum atomic E-state index is -0.229. The van der Waals surface area contributed by atoms with E-state index in [1.165, 1.54) is 18.1 Å². The fourth-order valence-corrected chi connectivity index (χ4v) is 2.01. The monoisotopic (exact) mass is 295 g/mol. The molecular weight excluding hydrogens is 282 g/mol. The summed E-state index contributed by atoms with van der Waals surface area (Å²) in [7, 11) is 1.53. The summed E-state index contributed by atoms with van der Waals surface area (Å²) in [5.74, 6) is 0.304. The standard InChI is InChI=1S/C15H13N5O2/c1-22-14-5-3-2-4-13(14)15(21)17-11-6-8-12(9-7-11)20-10-16-18-19-20/h2-10H,1H3,(H,17,21). The van der Waals surface area contributed by atoms with Gasteiger partial charge >= 0.3 is 0 Å². The number of hydrogen-bond acceptors (Lipinski definition) is 5. The summed E-state index contributed by atoms with van der Waals surface area (Å²) in [6, 6.07) is 14.3. The van der Waals surface area contributed by atoms with Gasteiger partial charge < -0.3 is 10.1 Å². The summed E-state index contributed by atoms with van der Waals surface area (Å²) in [4.78, 5) is 12.3. The number of benzene rings is 2. The topological polar surface area (TPSA) is 81.9 Å². The summed E-state index contributed by atoms with van der Waals surface area (Å²) in [5, 5.41) is 13.8. The first-order valence-electron chi connectivity index (χ1n) is 6.56. The van der Waals surface area contributed by atoms with Crippen LogP contribution >= 0.6 is 0 Å². The summed E-state index contributed by atoms with van der Waals surface area (Å²) in [5.41, 5.74) is 1.96. The number of amides is 1. The first-order chi connectivity index (χ1) is 10.8. The molecule has 22 heavy (non-hydrogen) atoms. The van der Waals surface area contributed by atoms with E-state index in [2.05, 4.69) is 20.8 Å². The van der Waals surface area contributed by atoms with Crippen LogP contribution in [0.5, 0.6) is 5.75 Å².